The van der Waals surface area contributed by atoms with Gasteiger partial charge < -0.3 is 10.1 Å². The lowest BCUT2D eigenvalue weighted by Crippen LogP contribution is -2.33. The predicted molar refractivity (Wildman–Crippen MR) is 81.2 cm³/mol. The van der Waals surface area contributed by atoms with E-state index in [9.17, 15) is 4.39 Å². The standard InChI is InChI=1S/C16H27FN2O/c1-5-18-11-14-6-7-16(17)15(10-14)12-19(13(2)3)8-9-20-4/h6-7,10,13,18H,5,8-9,11-12H2,1-4H3. The molecule has 114 valence electrons. The molecule has 0 radical (unpaired) electrons. The third-order valence-electron chi connectivity index (χ3n) is 3.38. The van der Waals surface area contributed by atoms with E-state index in [2.05, 4.69) is 31.0 Å². The van der Waals surface area contributed by atoms with Crippen LogP contribution in [0.4, 0.5) is 4.39 Å². The first-order chi connectivity index (χ1) is 9.58. The Morgan fingerprint density at radius 2 is 2.10 bits per heavy atom. The lowest BCUT2D eigenvalue weighted by atomic mass is 10.1. The zero-order valence-electron chi connectivity index (χ0n) is 13.1. The largest absolute Gasteiger partial charge is 0.383 e. The number of hydrogen-bond acceptors (Lipinski definition) is 3. The van der Waals surface area contributed by atoms with Crippen LogP contribution in [0.1, 0.15) is 31.9 Å². The summed E-state index contributed by atoms with van der Waals surface area (Å²) >= 11 is 0. The third kappa shape index (κ3) is 5.57. The minimum absolute atomic E-state index is 0.131. The van der Waals surface area contributed by atoms with E-state index < -0.39 is 0 Å². The van der Waals surface area contributed by atoms with Crippen molar-refractivity contribution in [3.63, 3.8) is 0 Å². The predicted octanol–water partition coefficient (Wildman–Crippen LogP) is 2.79. The van der Waals surface area contributed by atoms with Gasteiger partial charge in [-0.15, -0.1) is 0 Å². The summed E-state index contributed by atoms with van der Waals surface area (Å²) in [6.07, 6.45) is 0. The van der Waals surface area contributed by atoms with Crippen LogP contribution in [0.5, 0.6) is 0 Å². The van der Waals surface area contributed by atoms with E-state index in [0.29, 0.717) is 19.2 Å². The van der Waals surface area contributed by atoms with Gasteiger partial charge in [0.15, 0.2) is 0 Å². The van der Waals surface area contributed by atoms with E-state index >= 15 is 0 Å². The SMILES string of the molecule is CCNCc1ccc(F)c(CN(CCOC)C(C)C)c1. The number of methoxy groups -OCH3 is 1. The normalized spacial score (nSPS) is 11.6. The Bertz CT molecular complexity index is 396. The van der Waals surface area contributed by atoms with Crippen molar-refractivity contribution in [1.29, 1.82) is 0 Å². The summed E-state index contributed by atoms with van der Waals surface area (Å²) in [5, 5.41) is 3.27. The van der Waals surface area contributed by atoms with Crippen LogP contribution in [0.25, 0.3) is 0 Å². The summed E-state index contributed by atoms with van der Waals surface area (Å²) in [4.78, 5) is 2.22. The zero-order chi connectivity index (χ0) is 15.0. The van der Waals surface area contributed by atoms with Crippen LogP contribution in [0, 0.1) is 5.82 Å². The van der Waals surface area contributed by atoms with Crippen molar-refractivity contribution in [2.24, 2.45) is 0 Å². The van der Waals surface area contributed by atoms with Gasteiger partial charge in [-0.1, -0.05) is 19.1 Å². The minimum atomic E-state index is -0.131. The van der Waals surface area contributed by atoms with Crippen molar-refractivity contribution in [1.82, 2.24) is 10.2 Å². The van der Waals surface area contributed by atoms with Crippen molar-refractivity contribution >= 4 is 0 Å². The minimum Gasteiger partial charge on any atom is -0.383 e. The second-order valence-corrected chi connectivity index (χ2v) is 5.26. The summed E-state index contributed by atoms with van der Waals surface area (Å²) in [7, 11) is 1.69. The van der Waals surface area contributed by atoms with Crippen molar-refractivity contribution in [2.45, 2.75) is 39.9 Å². The van der Waals surface area contributed by atoms with E-state index in [1.54, 1.807) is 13.2 Å². The first-order valence-corrected chi connectivity index (χ1v) is 7.29. The first-order valence-electron chi connectivity index (χ1n) is 7.29. The Morgan fingerprint density at radius 3 is 2.70 bits per heavy atom. The van der Waals surface area contributed by atoms with E-state index in [0.717, 1.165) is 30.8 Å². The van der Waals surface area contributed by atoms with E-state index in [1.165, 1.54) is 0 Å². The second-order valence-electron chi connectivity index (χ2n) is 5.26. The fourth-order valence-electron chi connectivity index (χ4n) is 2.08. The molecular weight excluding hydrogens is 255 g/mol. The number of halogens is 1. The zero-order valence-corrected chi connectivity index (χ0v) is 13.1. The monoisotopic (exact) mass is 282 g/mol. The molecule has 0 fully saturated rings. The Morgan fingerprint density at radius 1 is 1.35 bits per heavy atom. The molecule has 0 spiro atoms. The summed E-state index contributed by atoms with van der Waals surface area (Å²) in [5.41, 5.74) is 1.88. The molecule has 0 aliphatic heterocycles. The molecule has 0 aliphatic carbocycles. The number of benzene rings is 1. The van der Waals surface area contributed by atoms with Crippen LogP contribution in [-0.4, -0.2) is 37.7 Å². The average molecular weight is 282 g/mol. The summed E-state index contributed by atoms with van der Waals surface area (Å²) in [6, 6.07) is 5.73. The molecule has 0 atom stereocenters. The van der Waals surface area contributed by atoms with Gasteiger partial charge in [0, 0.05) is 38.3 Å². The Kier molecular flexibility index (Phi) is 7.73. The number of rotatable bonds is 9. The lowest BCUT2D eigenvalue weighted by molar-refractivity contribution is 0.124. The molecule has 0 bridgehead atoms. The highest BCUT2D eigenvalue weighted by Gasteiger charge is 2.13. The Labute approximate surface area is 122 Å². The highest BCUT2D eigenvalue weighted by atomic mass is 19.1. The maximum Gasteiger partial charge on any atom is 0.127 e. The lowest BCUT2D eigenvalue weighted by Gasteiger charge is -2.26. The van der Waals surface area contributed by atoms with Crippen LogP contribution in [-0.2, 0) is 17.8 Å². The van der Waals surface area contributed by atoms with Gasteiger partial charge in [-0.3, -0.25) is 4.90 Å². The maximum absolute atomic E-state index is 14.0. The van der Waals surface area contributed by atoms with Crippen molar-refractivity contribution in [3.8, 4) is 0 Å². The van der Waals surface area contributed by atoms with Gasteiger partial charge in [0.05, 0.1) is 6.61 Å². The van der Waals surface area contributed by atoms with Crippen molar-refractivity contribution in [2.75, 3.05) is 26.8 Å². The summed E-state index contributed by atoms with van der Waals surface area (Å²) < 4.78 is 19.1. The molecule has 3 nitrogen and oxygen atoms in total. The topological polar surface area (TPSA) is 24.5 Å². The summed E-state index contributed by atoms with van der Waals surface area (Å²) in [6.45, 7) is 10.1. The van der Waals surface area contributed by atoms with Gasteiger partial charge in [0.1, 0.15) is 5.82 Å². The number of ether oxygens (including phenoxy) is 1. The smallest absolute Gasteiger partial charge is 0.127 e. The highest BCUT2D eigenvalue weighted by molar-refractivity contribution is 5.25. The molecule has 0 heterocycles. The molecule has 0 amide bonds. The molecule has 1 aromatic rings. The van der Waals surface area contributed by atoms with Crippen molar-refractivity contribution in [3.05, 3.63) is 35.1 Å². The molecule has 0 saturated heterocycles. The van der Waals surface area contributed by atoms with Crippen LogP contribution < -0.4 is 5.32 Å². The van der Waals surface area contributed by atoms with Crippen LogP contribution >= 0.6 is 0 Å². The quantitative estimate of drug-likeness (QED) is 0.754. The number of nitrogens with one attached hydrogen (secondary N) is 1. The van der Waals surface area contributed by atoms with Gasteiger partial charge >= 0.3 is 0 Å². The van der Waals surface area contributed by atoms with Gasteiger partial charge in [-0.25, -0.2) is 4.39 Å². The van der Waals surface area contributed by atoms with Crippen LogP contribution in [0.2, 0.25) is 0 Å². The second kappa shape index (κ2) is 9.06. The molecular formula is C16H27FN2O. The van der Waals surface area contributed by atoms with Gasteiger partial charge in [0.2, 0.25) is 0 Å². The molecule has 1 N–H and O–H groups in total. The van der Waals surface area contributed by atoms with Gasteiger partial charge in [-0.05, 0) is 32.0 Å². The Hall–Kier alpha value is -0.970. The Balaban J connectivity index is 2.76. The molecule has 1 aromatic carbocycles. The molecule has 0 aromatic heterocycles. The fourth-order valence-corrected chi connectivity index (χ4v) is 2.08. The fraction of sp³-hybridized carbons (Fsp3) is 0.625. The van der Waals surface area contributed by atoms with E-state index in [-0.39, 0.29) is 5.82 Å². The number of nitrogens with zero attached hydrogens (tertiary/aromatic N) is 1. The van der Waals surface area contributed by atoms with Crippen LogP contribution in [0.3, 0.4) is 0 Å². The molecule has 1 rings (SSSR count). The maximum atomic E-state index is 14.0. The molecule has 4 heteroatoms. The molecule has 0 unspecified atom stereocenters. The van der Waals surface area contributed by atoms with Crippen LogP contribution in [0.15, 0.2) is 18.2 Å². The van der Waals surface area contributed by atoms with Gasteiger partial charge in [0.25, 0.3) is 0 Å². The highest BCUT2D eigenvalue weighted by Crippen LogP contribution is 2.15. The third-order valence-corrected chi connectivity index (χ3v) is 3.38. The average Bonchev–Trinajstić information content (AvgIpc) is 2.43. The van der Waals surface area contributed by atoms with Gasteiger partial charge in [-0.2, -0.15) is 0 Å². The number of hydrogen-bond donors (Lipinski definition) is 1. The molecule has 0 aliphatic rings. The molecule has 0 saturated carbocycles. The summed E-state index contributed by atoms with van der Waals surface area (Å²) in [5.74, 6) is -0.131. The van der Waals surface area contributed by atoms with Crippen molar-refractivity contribution < 1.29 is 9.13 Å². The molecule has 20 heavy (non-hydrogen) atoms. The first kappa shape index (κ1) is 17.1. The van der Waals surface area contributed by atoms with E-state index in [4.69, 9.17) is 4.74 Å². The van der Waals surface area contributed by atoms with E-state index in [1.807, 2.05) is 12.1 Å².